The van der Waals surface area contributed by atoms with E-state index in [0.29, 0.717) is 0 Å². The highest BCUT2D eigenvalue weighted by Gasteiger charge is 2.18. The van der Waals surface area contributed by atoms with Crippen LogP contribution in [0.1, 0.15) is 10.4 Å². The molecule has 0 spiro atoms. The Hall–Kier alpha value is -2.57. The number of para-hydroxylation sites is 2. The monoisotopic (exact) mass is 478 g/mol. The average Bonchev–Trinajstić information content (AvgIpc) is 2.60. The summed E-state index contributed by atoms with van der Waals surface area (Å²) in [6.45, 7) is -3.84. The number of carbonyl (C=O) groups is 2. The number of sulfonamides is 1. The summed E-state index contributed by atoms with van der Waals surface area (Å²) in [4.78, 5) is 23.7. The maximum Gasteiger partial charge on any atom is 0.387 e. The molecule has 0 atom stereocenters. The van der Waals surface area contributed by atoms with E-state index < -0.39 is 35.1 Å². The molecular weight excluding hydrogens is 466 g/mol. The number of nitrogens with two attached hydrogens (primary N) is 1. The number of hydrogen-bond acceptors (Lipinski definition) is 6. The lowest BCUT2D eigenvalue weighted by molar-refractivity contribution is -0.119. The highest BCUT2D eigenvalue weighted by Crippen LogP contribution is 2.25. The van der Waals surface area contributed by atoms with Gasteiger partial charge in [0.15, 0.2) is 6.61 Å². The SMILES string of the molecule is NS(=O)(=O)c1ccc(Br)c(C(=O)OCC(=O)Nc2ccccc2OC(F)F)c1. The standard InChI is InChI=1S/C16H13BrF2N2O6S/c17-11-6-5-9(28(20,24)25)7-10(11)15(23)26-8-14(22)21-12-3-1-2-4-13(12)27-16(18)19/h1-7,16H,8H2,(H,21,22)(H2,20,24,25). The largest absolute Gasteiger partial charge is 0.452 e. The van der Waals surface area contributed by atoms with Gasteiger partial charge in [-0.3, -0.25) is 4.79 Å². The van der Waals surface area contributed by atoms with E-state index in [1.165, 1.54) is 36.4 Å². The van der Waals surface area contributed by atoms with Gasteiger partial charge in [-0.15, -0.1) is 0 Å². The molecule has 12 heteroatoms. The highest BCUT2D eigenvalue weighted by molar-refractivity contribution is 9.10. The van der Waals surface area contributed by atoms with Crippen LogP contribution in [0.5, 0.6) is 5.75 Å². The molecule has 2 aromatic carbocycles. The predicted octanol–water partition coefficient (Wildman–Crippen LogP) is 2.49. The van der Waals surface area contributed by atoms with Gasteiger partial charge in [-0.1, -0.05) is 12.1 Å². The van der Waals surface area contributed by atoms with Gasteiger partial charge >= 0.3 is 12.6 Å². The Morgan fingerprint density at radius 2 is 1.86 bits per heavy atom. The highest BCUT2D eigenvalue weighted by atomic mass is 79.9. The van der Waals surface area contributed by atoms with Gasteiger partial charge in [0.05, 0.1) is 16.1 Å². The Labute approximate surface area is 166 Å². The zero-order chi connectivity index (χ0) is 20.9. The summed E-state index contributed by atoms with van der Waals surface area (Å²) < 4.78 is 56.8. The van der Waals surface area contributed by atoms with Gasteiger partial charge in [-0.25, -0.2) is 18.4 Å². The number of hydrogen-bond donors (Lipinski definition) is 2. The van der Waals surface area contributed by atoms with Crippen LogP contribution < -0.4 is 15.2 Å². The zero-order valence-corrected chi connectivity index (χ0v) is 16.3. The van der Waals surface area contributed by atoms with E-state index in [1.54, 1.807) is 0 Å². The van der Waals surface area contributed by atoms with Crippen LogP contribution in [0, 0.1) is 0 Å². The van der Waals surface area contributed by atoms with E-state index in [9.17, 15) is 26.8 Å². The van der Waals surface area contributed by atoms with E-state index in [-0.39, 0.29) is 26.4 Å². The maximum absolute atomic E-state index is 12.4. The molecular formula is C16H13BrF2N2O6S. The number of benzene rings is 2. The molecule has 0 aliphatic carbocycles. The zero-order valence-electron chi connectivity index (χ0n) is 13.9. The molecule has 0 saturated carbocycles. The van der Waals surface area contributed by atoms with Crippen LogP contribution in [0.2, 0.25) is 0 Å². The fourth-order valence-corrected chi connectivity index (χ4v) is 2.95. The normalized spacial score (nSPS) is 11.2. The van der Waals surface area contributed by atoms with Crippen molar-refractivity contribution in [1.29, 1.82) is 0 Å². The first-order chi connectivity index (χ1) is 13.1. The minimum absolute atomic E-state index is 0.0405. The van der Waals surface area contributed by atoms with Crippen LogP contribution in [-0.2, 0) is 19.6 Å². The number of ether oxygens (including phenoxy) is 2. The number of amides is 1. The van der Waals surface area contributed by atoms with Gasteiger partial charge in [0.2, 0.25) is 10.0 Å². The Kier molecular flexibility index (Phi) is 7.05. The van der Waals surface area contributed by atoms with Crippen molar-refractivity contribution in [1.82, 2.24) is 0 Å². The number of halogens is 3. The first kappa shape index (κ1) is 21.7. The third kappa shape index (κ3) is 5.97. The van der Waals surface area contributed by atoms with E-state index in [0.717, 1.165) is 6.07 Å². The van der Waals surface area contributed by atoms with Crippen LogP contribution in [-0.4, -0.2) is 33.5 Å². The summed E-state index contributed by atoms with van der Waals surface area (Å²) in [5.41, 5.74) is -0.206. The van der Waals surface area contributed by atoms with Crippen molar-refractivity contribution in [3.05, 3.63) is 52.5 Å². The minimum Gasteiger partial charge on any atom is -0.452 e. The second kappa shape index (κ2) is 9.08. The molecule has 2 aromatic rings. The summed E-state index contributed by atoms with van der Waals surface area (Å²) in [5.74, 6) is -2.08. The predicted molar refractivity (Wildman–Crippen MR) is 97.5 cm³/mol. The minimum atomic E-state index is -4.05. The van der Waals surface area contributed by atoms with Crippen molar-refractivity contribution < 1.29 is 36.3 Å². The molecule has 0 fully saturated rings. The van der Waals surface area contributed by atoms with Crippen molar-refractivity contribution in [3.63, 3.8) is 0 Å². The maximum atomic E-state index is 12.4. The molecule has 28 heavy (non-hydrogen) atoms. The van der Waals surface area contributed by atoms with Crippen LogP contribution in [0.3, 0.4) is 0 Å². The Morgan fingerprint density at radius 1 is 1.18 bits per heavy atom. The molecule has 0 aliphatic heterocycles. The van der Waals surface area contributed by atoms with E-state index >= 15 is 0 Å². The third-order valence-corrected chi connectivity index (χ3v) is 4.80. The summed E-state index contributed by atoms with van der Waals surface area (Å²) in [5, 5.41) is 7.28. The molecule has 150 valence electrons. The fourth-order valence-electron chi connectivity index (χ4n) is 2.00. The van der Waals surface area contributed by atoms with Crippen molar-refractivity contribution >= 4 is 43.5 Å². The Balaban J connectivity index is 2.05. The van der Waals surface area contributed by atoms with Crippen LogP contribution in [0.15, 0.2) is 51.8 Å². The molecule has 3 N–H and O–H groups in total. The number of esters is 1. The van der Waals surface area contributed by atoms with E-state index in [2.05, 4.69) is 26.0 Å². The molecule has 2 rings (SSSR count). The number of carbonyl (C=O) groups excluding carboxylic acids is 2. The molecule has 0 aromatic heterocycles. The molecule has 8 nitrogen and oxygen atoms in total. The van der Waals surface area contributed by atoms with Gasteiger partial charge in [-0.05, 0) is 46.3 Å². The lowest BCUT2D eigenvalue weighted by Gasteiger charge is -2.12. The van der Waals surface area contributed by atoms with Gasteiger partial charge in [0.1, 0.15) is 5.75 Å². The molecule has 0 heterocycles. The lowest BCUT2D eigenvalue weighted by Crippen LogP contribution is -2.22. The molecule has 0 unspecified atom stereocenters. The lowest BCUT2D eigenvalue weighted by atomic mass is 10.2. The number of nitrogens with one attached hydrogen (secondary N) is 1. The quantitative estimate of drug-likeness (QED) is 0.588. The Morgan fingerprint density at radius 3 is 2.50 bits per heavy atom. The first-order valence-corrected chi connectivity index (χ1v) is 9.75. The third-order valence-electron chi connectivity index (χ3n) is 3.20. The summed E-state index contributed by atoms with van der Waals surface area (Å²) in [6, 6.07) is 8.93. The molecule has 0 saturated heterocycles. The summed E-state index contributed by atoms with van der Waals surface area (Å²) in [7, 11) is -4.05. The van der Waals surface area contributed by atoms with Crippen molar-refractivity contribution in [3.8, 4) is 5.75 Å². The topological polar surface area (TPSA) is 125 Å². The molecule has 1 amide bonds. The summed E-state index contributed by atoms with van der Waals surface area (Å²) >= 11 is 3.07. The Bertz CT molecular complexity index is 1000. The molecule has 0 radical (unpaired) electrons. The van der Waals surface area contributed by atoms with Gasteiger partial charge < -0.3 is 14.8 Å². The number of anilines is 1. The van der Waals surface area contributed by atoms with E-state index in [4.69, 9.17) is 9.88 Å². The van der Waals surface area contributed by atoms with Gasteiger partial charge in [0.25, 0.3) is 5.91 Å². The van der Waals surface area contributed by atoms with Crippen molar-refractivity contribution in [2.75, 3.05) is 11.9 Å². The second-order valence-corrected chi connectivity index (χ2v) is 7.60. The number of rotatable bonds is 7. The van der Waals surface area contributed by atoms with Gasteiger partial charge in [-0.2, -0.15) is 8.78 Å². The first-order valence-electron chi connectivity index (χ1n) is 7.41. The van der Waals surface area contributed by atoms with Crippen LogP contribution in [0.25, 0.3) is 0 Å². The number of alkyl halides is 2. The van der Waals surface area contributed by atoms with E-state index in [1.807, 2.05) is 0 Å². The second-order valence-electron chi connectivity index (χ2n) is 5.19. The molecule has 0 bridgehead atoms. The average molecular weight is 479 g/mol. The fraction of sp³-hybridized carbons (Fsp3) is 0.125. The van der Waals surface area contributed by atoms with Crippen molar-refractivity contribution in [2.24, 2.45) is 5.14 Å². The van der Waals surface area contributed by atoms with Crippen LogP contribution in [0.4, 0.5) is 14.5 Å². The van der Waals surface area contributed by atoms with Crippen LogP contribution >= 0.6 is 15.9 Å². The van der Waals surface area contributed by atoms with Gasteiger partial charge in [0, 0.05) is 4.47 Å². The molecule has 0 aliphatic rings. The summed E-state index contributed by atoms with van der Waals surface area (Å²) in [6.07, 6.45) is 0. The van der Waals surface area contributed by atoms with Crippen molar-refractivity contribution in [2.45, 2.75) is 11.5 Å². The smallest absolute Gasteiger partial charge is 0.387 e. The number of primary sulfonamides is 1.